The Kier molecular flexibility index (Phi) is 6.09. The van der Waals surface area contributed by atoms with Crippen molar-refractivity contribution in [2.24, 2.45) is 11.8 Å². The average molecular weight is 407 g/mol. The minimum Gasteiger partial charge on any atom is -0.282 e. The van der Waals surface area contributed by atoms with Crippen LogP contribution in [-0.2, 0) is 12.8 Å². The summed E-state index contributed by atoms with van der Waals surface area (Å²) in [5.41, 5.74) is 2.94. The van der Waals surface area contributed by atoms with Crippen LogP contribution in [0.1, 0.15) is 36.3 Å². The summed E-state index contributed by atoms with van der Waals surface area (Å²) >= 11 is 1.67. The molecule has 5 nitrogen and oxygen atoms in total. The molecule has 0 bridgehead atoms. The van der Waals surface area contributed by atoms with Gasteiger partial charge in [0.15, 0.2) is 0 Å². The van der Waals surface area contributed by atoms with Crippen LogP contribution in [0.2, 0.25) is 0 Å². The highest BCUT2D eigenvalue weighted by Crippen LogP contribution is 2.34. The van der Waals surface area contributed by atoms with Gasteiger partial charge in [0, 0.05) is 41.7 Å². The fourth-order valence-corrected chi connectivity index (χ4v) is 4.45. The molecule has 0 N–H and O–H groups in total. The third-order valence-corrected chi connectivity index (χ3v) is 6.36. The molecule has 0 aliphatic heterocycles. The fraction of sp³-hybridized carbons (Fsp3) is 0.391. The molecule has 29 heavy (non-hydrogen) atoms. The molecule has 0 amide bonds. The SMILES string of the molecule is CSc1cnc(C[C@H]2CC[C@H](Cc3ccc(-n4cc(C)ccc4=O)cn3)C2)nc1. The molecule has 0 aromatic carbocycles. The molecule has 1 fully saturated rings. The van der Waals surface area contributed by atoms with Crippen molar-refractivity contribution in [1.82, 2.24) is 19.5 Å². The summed E-state index contributed by atoms with van der Waals surface area (Å²) in [6.07, 6.45) is 15.2. The van der Waals surface area contributed by atoms with E-state index in [9.17, 15) is 4.79 Å². The van der Waals surface area contributed by atoms with E-state index in [-0.39, 0.29) is 5.56 Å². The van der Waals surface area contributed by atoms with Gasteiger partial charge in [-0.3, -0.25) is 14.3 Å². The normalized spacial score (nSPS) is 18.8. The number of hydrogen-bond donors (Lipinski definition) is 0. The minimum absolute atomic E-state index is 0.0310. The molecule has 0 saturated heterocycles. The Morgan fingerprint density at radius 2 is 1.76 bits per heavy atom. The van der Waals surface area contributed by atoms with Crippen molar-refractivity contribution in [3.63, 3.8) is 0 Å². The molecule has 1 aliphatic carbocycles. The van der Waals surface area contributed by atoms with Crippen LogP contribution in [0.3, 0.4) is 0 Å². The van der Waals surface area contributed by atoms with Crippen LogP contribution in [0.25, 0.3) is 5.69 Å². The molecule has 1 aliphatic rings. The maximum atomic E-state index is 12.1. The zero-order chi connectivity index (χ0) is 20.2. The first kappa shape index (κ1) is 19.8. The van der Waals surface area contributed by atoms with Crippen LogP contribution < -0.4 is 5.56 Å². The summed E-state index contributed by atoms with van der Waals surface area (Å²) in [5.74, 6) is 2.27. The molecule has 3 aromatic heterocycles. The Morgan fingerprint density at radius 1 is 1.00 bits per heavy atom. The fourth-order valence-electron chi connectivity index (χ4n) is 4.13. The first-order valence-corrected chi connectivity index (χ1v) is 11.3. The van der Waals surface area contributed by atoms with Crippen LogP contribution in [0.5, 0.6) is 0 Å². The summed E-state index contributed by atoms with van der Waals surface area (Å²) in [6.45, 7) is 1.98. The molecular formula is C23H26N4OS. The number of nitrogens with zero attached hydrogens (tertiary/aromatic N) is 4. The second-order valence-corrected chi connectivity index (χ2v) is 8.79. The summed E-state index contributed by atoms with van der Waals surface area (Å²) in [7, 11) is 0. The van der Waals surface area contributed by atoms with Gasteiger partial charge in [-0.15, -0.1) is 11.8 Å². The number of rotatable bonds is 6. The molecule has 4 rings (SSSR count). The molecule has 1 saturated carbocycles. The standard InChI is InChI=1S/C23H26N4OS/c1-16-3-8-23(28)27(15-16)20-7-6-19(24-12-20)10-17-4-5-18(9-17)11-22-25-13-21(29-2)14-26-22/h3,6-8,12-15,17-18H,4-5,9-11H2,1-2H3/t17-,18-/m0/s1. The topological polar surface area (TPSA) is 60.7 Å². The first-order valence-electron chi connectivity index (χ1n) is 10.1. The molecule has 3 heterocycles. The van der Waals surface area contributed by atoms with Crippen LogP contribution in [-0.4, -0.2) is 25.8 Å². The van der Waals surface area contributed by atoms with Gasteiger partial charge in [-0.05, 0) is 68.4 Å². The quantitative estimate of drug-likeness (QED) is 0.573. The van der Waals surface area contributed by atoms with Gasteiger partial charge in [-0.25, -0.2) is 9.97 Å². The molecule has 3 aromatic rings. The Balaban J connectivity index is 1.35. The second kappa shape index (κ2) is 8.91. The van der Waals surface area contributed by atoms with Crippen LogP contribution in [0, 0.1) is 18.8 Å². The summed E-state index contributed by atoms with van der Waals surface area (Å²) < 4.78 is 1.65. The third-order valence-electron chi connectivity index (χ3n) is 5.68. The molecule has 0 spiro atoms. The van der Waals surface area contributed by atoms with E-state index in [1.54, 1.807) is 22.4 Å². The van der Waals surface area contributed by atoms with Crippen molar-refractivity contribution in [3.8, 4) is 5.69 Å². The highest BCUT2D eigenvalue weighted by Gasteiger charge is 2.26. The van der Waals surface area contributed by atoms with Gasteiger partial charge in [0.05, 0.1) is 11.9 Å². The lowest BCUT2D eigenvalue weighted by molar-refractivity contribution is 0.476. The van der Waals surface area contributed by atoms with Gasteiger partial charge >= 0.3 is 0 Å². The van der Waals surface area contributed by atoms with Crippen molar-refractivity contribution >= 4 is 11.8 Å². The Morgan fingerprint density at radius 3 is 2.45 bits per heavy atom. The lowest BCUT2D eigenvalue weighted by Gasteiger charge is -2.12. The van der Waals surface area contributed by atoms with Crippen molar-refractivity contribution < 1.29 is 0 Å². The lowest BCUT2D eigenvalue weighted by Crippen LogP contribution is -2.17. The largest absolute Gasteiger partial charge is 0.282 e. The van der Waals surface area contributed by atoms with E-state index in [0.717, 1.165) is 40.5 Å². The van der Waals surface area contributed by atoms with Gasteiger partial charge in [0.25, 0.3) is 5.56 Å². The number of aromatic nitrogens is 4. The third kappa shape index (κ3) is 4.93. The summed E-state index contributed by atoms with van der Waals surface area (Å²) in [4.78, 5) is 26.8. The average Bonchev–Trinajstić information content (AvgIpc) is 3.18. The number of pyridine rings is 2. The predicted molar refractivity (Wildman–Crippen MR) is 117 cm³/mol. The van der Waals surface area contributed by atoms with Crippen LogP contribution >= 0.6 is 11.8 Å². The zero-order valence-corrected chi connectivity index (χ0v) is 17.7. The van der Waals surface area contributed by atoms with E-state index in [1.165, 1.54) is 19.3 Å². The molecule has 150 valence electrons. The molecule has 2 atom stereocenters. The highest BCUT2D eigenvalue weighted by molar-refractivity contribution is 7.98. The van der Waals surface area contributed by atoms with Crippen molar-refractivity contribution in [1.29, 1.82) is 0 Å². The Labute approximate surface area is 175 Å². The van der Waals surface area contributed by atoms with E-state index >= 15 is 0 Å². The van der Waals surface area contributed by atoms with Crippen LogP contribution in [0.4, 0.5) is 0 Å². The van der Waals surface area contributed by atoms with E-state index in [2.05, 4.69) is 21.0 Å². The maximum Gasteiger partial charge on any atom is 0.255 e. The van der Waals surface area contributed by atoms with Crippen molar-refractivity contribution in [2.75, 3.05) is 6.26 Å². The second-order valence-electron chi connectivity index (χ2n) is 7.91. The molecular weight excluding hydrogens is 380 g/mol. The van der Waals surface area contributed by atoms with Crippen molar-refractivity contribution in [3.05, 3.63) is 76.5 Å². The molecule has 0 radical (unpaired) electrons. The number of aryl methyl sites for hydroxylation is 1. The highest BCUT2D eigenvalue weighted by atomic mass is 32.2. The number of hydrogen-bond acceptors (Lipinski definition) is 5. The van der Waals surface area contributed by atoms with E-state index < -0.39 is 0 Å². The van der Waals surface area contributed by atoms with E-state index in [1.807, 2.05) is 50.1 Å². The van der Waals surface area contributed by atoms with Gasteiger partial charge in [-0.1, -0.05) is 6.07 Å². The number of thioether (sulfide) groups is 1. The predicted octanol–water partition coefficient (Wildman–Crippen LogP) is 4.25. The van der Waals surface area contributed by atoms with E-state index in [4.69, 9.17) is 0 Å². The van der Waals surface area contributed by atoms with Gasteiger partial charge in [0.1, 0.15) is 5.82 Å². The lowest BCUT2D eigenvalue weighted by atomic mass is 9.97. The molecule has 0 unspecified atom stereocenters. The van der Waals surface area contributed by atoms with Crippen LogP contribution in [0.15, 0.2) is 58.7 Å². The summed E-state index contributed by atoms with van der Waals surface area (Å²) in [6, 6.07) is 7.48. The Bertz CT molecular complexity index is 1010. The first-order chi connectivity index (χ1) is 14.1. The van der Waals surface area contributed by atoms with Gasteiger partial charge < -0.3 is 0 Å². The Hall–Kier alpha value is -2.47. The van der Waals surface area contributed by atoms with Gasteiger partial charge in [-0.2, -0.15) is 0 Å². The molecule has 6 heteroatoms. The zero-order valence-electron chi connectivity index (χ0n) is 16.9. The van der Waals surface area contributed by atoms with E-state index in [0.29, 0.717) is 11.8 Å². The van der Waals surface area contributed by atoms with Crippen molar-refractivity contribution in [2.45, 2.75) is 43.9 Å². The van der Waals surface area contributed by atoms with Gasteiger partial charge in [0.2, 0.25) is 0 Å². The monoisotopic (exact) mass is 406 g/mol. The maximum absolute atomic E-state index is 12.1. The minimum atomic E-state index is -0.0310. The smallest absolute Gasteiger partial charge is 0.255 e. The summed E-state index contributed by atoms with van der Waals surface area (Å²) in [5, 5.41) is 0.